The Morgan fingerprint density at radius 1 is 1.19 bits per heavy atom. The quantitative estimate of drug-likeness (QED) is 0.774. The third-order valence-corrected chi connectivity index (χ3v) is 4.34. The van der Waals surface area contributed by atoms with Gasteiger partial charge in [-0.05, 0) is 56.2 Å². The Kier molecular flexibility index (Phi) is 5.83. The first kappa shape index (κ1) is 18.3. The second-order valence-electron chi connectivity index (χ2n) is 6.12. The van der Waals surface area contributed by atoms with Crippen LogP contribution in [0.3, 0.4) is 0 Å². The number of halogens is 2. The molecular weight excluding hydrogens is 340 g/mol. The maximum Gasteiger partial charge on any atom is 0.258 e. The summed E-state index contributed by atoms with van der Waals surface area (Å²) in [6.07, 6.45) is 2.18. The minimum absolute atomic E-state index is 0.125. The third kappa shape index (κ3) is 4.19. The van der Waals surface area contributed by atoms with Gasteiger partial charge in [-0.2, -0.15) is 0 Å². The highest BCUT2D eigenvalue weighted by atomic mass is 19.2. The van der Waals surface area contributed by atoms with Crippen LogP contribution in [-0.4, -0.2) is 31.8 Å². The van der Waals surface area contributed by atoms with E-state index in [1.54, 1.807) is 31.2 Å². The van der Waals surface area contributed by atoms with E-state index in [9.17, 15) is 13.6 Å². The van der Waals surface area contributed by atoms with Crippen LogP contribution in [0.4, 0.5) is 14.5 Å². The number of amides is 1. The lowest BCUT2D eigenvalue weighted by Crippen LogP contribution is -2.30. The molecule has 2 aromatic rings. The predicted octanol–water partition coefficient (Wildman–Crippen LogP) is 4.19. The summed E-state index contributed by atoms with van der Waals surface area (Å²) in [6, 6.07) is 10.2. The van der Waals surface area contributed by atoms with Gasteiger partial charge in [-0.25, -0.2) is 8.78 Å². The van der Waals surface area contributed by atoms with Gasteiger partial charge >= 0.3 is 0 Å². The molecular formula is C20H21F2NO3. The Morgan fingerprint density at radius 3 is 2.58 bits per heavy atom. The van der Waals surface area contributed by atoms with Crippen molar-refractivity contribution in [3.63, 3.8) is 0 Å². The molecule has 3 rings (SSSR count). The third-order valence-electron chi connectivity index (χ3n) is 4.34. The van der Waals surface area contributed by atoms with Crippen LogP contribution < -0.4 is 9.64 Å². The molecule has 0 N–H and O–H groups in total. The van der Waals surface area contributed by atoms with Gasteiger partial charge in [-0.15, -0.1) is 0 Å². The van der Waals surface area contributed by atoms with E-state index in [4.69, 9.17) is 9.47 Å². The molecule has 1 saturated heterocycles. The monoisotopic (exact) mass is 361 g/mol. The van der Waals surface area contributed by atoms with E-state index < -0.39 is 11.6 Å². The van der Waals surface area contributed by atoms with Crippen LogP contribution in [0, 0.1) is 11.6 Å². The summed E-state index contributed by atoms with van der Waals surface area (Å²) < 4.78 is 37.8. The van der Waals surface area contributed by atoms with Crippen molar-refractivity contribution in [3.8, 4) is 5.75 Å². The molecule has 0 aromatic heterocycles. The minimum atomic E-state index is -0.980. The molecule has 0 bridgehead atoms. The lowest BCUT2D eigenvalue weighted by Gasteiger charge is -2.21. The highest BCUT2D eigenvalue weighted by Crippen LogP contribution is 2.22. The molecule has 1 unspecified atom stereocenters. The van der Waals surface area contributed by atoms with Crippen LogP contribution in [-0.2, 0) is 4.74 Å². The summed E-state index contributed by atoms with van der Waals surface area (Å²) >= 11 is 0. The van der Waals surface area contributed by atoms with Crippen molar-refractivity contribution in [2.75, 3.05) is 24.7 Å². The lowest BCUT2D eigenvalue weighted by atomic mass is 10.1. The van der Waals surface area contributed by atoms with Crippen LogP contribution in [0.1, 0.15) is 30.1 Å². The lowest BCUT2D eigenvalue weighted by molar-refractivity contribution is 0.0679. The molecule has 0 saturated carbocycles. The molecule has 26 heavy (non-hydrogen) atoms. The zero-order valence-corrected chi connectivity index (χ0v) is 14.6. The van der Waals surface area contributed by atoms with Crippen molar-refractivity contribution in [2.24, 2.45) is 0 Å². The van der Waals surface area contributed by atoms with E-state index in [1.807, 2.05) is 0 Å². The van der Waals surface area contributed by atoms with Crippen molar-refractivity contribution in [1.29, 1.82) is 0 Å². The molecule has 1 heterocycles. The SMILES string of the molecule is CCN(C(=O)c1ccc(OCC2CCCO2)cc1)c1ccc(F)c(F)c1. The zero-order valence-electron chi connectivity index (χ0n) is 14.6. The van der Waals surface area contributed by atoms with Crippen LogP contribution in [0.15, 0.2) is 42.5 Å². The predicted molar refractivity (Wildman–Crippen MR) is 94.6 cm³/mol. The van der Waals surface area contributed by atoms with E-state index in [0.29, 0.717) is 30.2 Å². The summed E-state index contributed by atoms with van der Waals surface area (Å²) in [5.41, 5.74) is 0.760. The topological polar surface area (TPSA) is 38.8 Å². The molecule has 4 nitrogen and oxygen atoms in total. The first-order valence-corrected chi connectivity index (χ1v) is 8.70. The minimum Gasteiger partial charge on any atom is -0.491 e. The van der Waals surface area contributed by atoms with Crippen LogP contribution in [0.25, 0.3) is 0 Å². The Labute approximate surface area is 151 Å². The summed E-state index contributed by atoms with van der Waals surface area (Å²) in [5.74, 6) is -1.55. The molecule has 1 aliphatic heterocycles. The van der Waals surface area contributed by atoms with E-state index in [0.717, 1.165) is 31.6 Å². The number of benzene rings is 2. The summed E-state index contributed by atoms with van der Waals surface area (Å²) in [5, 5.41) is 0. The summed E-state index contributed by atoms with van der Waals surface area (Å²) in [6.45, 7) is 3.38. The standard InChI is InChI=1S/C20H21F2NO3/c1-2-23(15-7-10-18(21)19(22)12-15)20(24)14-5-8-16(9-6-14)26-13-17-4-3-11-25-17/h5-10,12,17H,2-4,11,13H2,1H3. The summed E-state index contributed by atoms with van der Waals surface area (Å²) in [7, 11) is 0. The molecule has 6 heteroatoms. The van der Waals surface area contributed by atoms with Crippen molar-refractivity contribution < 1.29 is 23.0 Å². The van der Waals surface area contributed by atoms with Crippen molar-refractivity contribution in [1.82, 2.24) is 0 Å². The first-order chi connectivity index (χ1) is 12.6. The first-order valence-electron chi connectivity index (χ1n) is 8.70. The van der Waals surface area contributed by atoms with Crippen LogP contribution in [0.5, 0.6) is 5.75 Å². The Bertz CT molecular complexity index is 758. The molecule has 0 aliphatic carbocycles. The van der Waals surface area contributed by atoms with Gasteiger partial charge < -0.3 is 14.4 Å². The Morgan fingerprint density at radius 2 is 1.96 bits per heavy atom. The summed E-state index contributed by atoms with van der Waals surface area (Å²) in [4.78, 5) is 14.1. The van der Waals surface area contributed by atoms with Crippen molar-refractivity contribution >= 4 is 11.6 Å². The fraction of sp³-hybridized carbons (Fsp3) is 0.350. The number of ether oxygens (including phenoxy) is 2. The molecule has 1 aliphatic rings. The van der Waals surface area contributed by atoms with Gasteiger partial charge in [0, 0.05) is 30.5 Å². The molecule has 2 aromatic carbocycles. The number of hydrogen-bond acceptors (Lipinski definition) is 3. The second kappa shape index (κ2) is 8.27. The number of carbonyl (C=O) groups excluding carboxylic acids is 1. The van der Waals surface area contributed by atoms with E-state index in [1.165, 1.54) is 11.0 Å². The number of nitrogens with zero attached hydrogens (tertiary/aromatic N) is 1. The fourth-order valence-corrected chi connectivity index (χ4v) is 2.91. The molecule has 0 radical (unpaired) electrons. The highest BCUT2D eigenvalue weighted by molar-refractivity contribution is 6.06. The van der Waals surface area contributed by atoms with E-state index in [2.05, 4.69) is 0 Å². The molecule has 1 atom stereocenters. The maximum atomic E-state index is 13.5. The number of carbonyl (C=O) groups is 1. The largest absolute Gasteiger partial charge is 0.491 e. The molecule has 0 spiro atoms. The number of hydrogen-bond donors (Lipinski definition) is 0. The van der Waals surface area contributed by atoms with Gasteiger partial charge in [-0.3, -0.25) is 4.79 Å². The van der Waals surface area contributed by atoms with Crippen molar-refractivity contribution in [3.05, 3.63) is 59.7 Å². The number of anilines is 1. The second-order valence-corrected chi connectivity index (χ2v) is 6.12. The fourth-order valence-electron chi connectivity index (χ4n) is 2.91. The van der Waals surface area contributed by atoms with E-state index in [-0.39, 0.29) is 12.0 Å². The van der Waals surface area contributed by atoms with Gasteiger partial charge in [0.2, 0.25) is 0 Å². The average Bonchev–Trinajstić information content (AvgIpc) is 3.17. The van der Waals surface area contributed by atoms with Gasteiger partial charge in [-0.1, -0.05) is 0 Å². The van der Waals surface area contributed by atoms with Crippen molar-refractivity contribution in [2.45, 2.75) is 25.9 Å². The van der Waals surface area contributed by atoms with Gasteiger partial charge in [0.05, 0.1) is 6.10 Å². The molecule has 1 amide bonds. The number of rotatable bonds is 6. The van der Waals surface area contributed by atoms with Gasteiger partial charge in [0.15, 0.2) is 11.6 Å². The highest BCUT2D eigenvalue weighted by Gasteiger charge is 2.19. The molecule has 1 fully saturated rings. The Hall–Kier alpha value is -2.47. The van der Waals surface area contributed by atoms with Crippen LogP contribution in [0.2, 0.25) is 0 Å². The van der Waals surface area contributed by atoms with Crippen LogP contribution >= 0.6 is 0 Å². The molecule has 138 valence electrons. The maximum absolute atomic E-state index is 13.5. The normalized spacial score (nSPS) is 16.5. The van der Waals surface area contributed by atoms with Gasteiger partial charge in [0.1, 0.15) is 12.4 Å². The average molecular weight is 361 g/mol. The van der Waals surface area contributed by atoms with Gasteiger partial charge in [0.25, 0.3) is 5.91 Å². The Balaban J connectivity index is 1.68. The zero-order chi connectivity index (χ0) is 18.5. The van der Waals surface area contributed by atoms with E-state index >= 15 is 0 Å². The smallest absolute Gasteiger partial charge is 0.258 e.